The number of benzene rings is 1. The second-order valence-corrected chi connectivity index (χ2v) is 7.60. The van der Waals surface area contributed by atoms with E-state index >= 15 is 0 Å². The number of rotatable bonds is 8. The molecule has 142 valence electrons. The van der Waals surface area contributed by atoms with Gasteiger partial charge in [0.05, 0.1) is 24.4 Å². The van der Waals surface area contributed by atoms with Gasteiger partial charge in [-0.3, -0.25) is 14.2 Å². The molecular formula is C19H21N3O3S2. The first-order chi connectivity index (χ1) is 13.2. The molecule has 27 heavy (non-hydrogen) atoms. The molecule has 3 rings (SSSR count). The second kappa shape index (κ2) is 9.16. The summed E-state index contributed by atoms with van der Waals surface area (Å²) < 4.78 is 7.34. The van der Waals surface area contributed by atoms with Gasteiger partial charge in [0.1, 0.15) is 4.70 Å². The van der Waals surface area contributed by atoms with Crippen LogP contribution in [0, 0.1) is 0 Å². The summed E-state index contributed by atoms with van der Waals surface area (Å²) in [7, 11) is 1.59. The lowest BCUT2D eigenvalue weighted by atomic mass is 10.3. The van der Waals surface area contributed by atoms with Crippen LogP contribution in [0.5, 0.6) is 0 Å². The van der Waals surface area contributed by atoms with Gasteiger partial charge in [-0.05, 0) is 30.5 Å². The quantitative estimate of drug-likeness (QED) is 0.427. The summed E-state index contributed by atoms with van der Waals surface area (Å²) in [6.07, 6.45) is 0. The molecule has 1 amide bonds. The fourth-order valence-corrected chi connectivity index (χ4v) is 4.41. The van der Waals surface area contributed by atoms with E-state index in [1.165, 1.54) is 23.1 Å². The van der Waals surface area contributed by atoms with Crippen LogP contribution in [0.3, 0.4) is 0 Å². The van der Waals surface area contributed by atoms with Crippen molar-refractivity contribution >= 4 is 44.9 Å². The first-order valence-electron chi connectivity index (χ1n) is 8.61. The first-order valence-corrected chi connectivity index (χ1v) is 10.5. The Morgan fingerprint density at radius 1 is 1.30 bits per heavy atom. The largest absolute Gasteiger partial charge is 0.383 e. The highest BCUT2D eigenvalue weighted by atomic mass is 32.2. The lowest BCUT2D eigenvalue weighted by Crippen LogP contribution is -2.32. The van der Waals surface area contributed by atoms with Crippen molar-refractivity contribution in [1.29, 1.82) is 0 Å². The van der Waals surface area contributed by atoms with Crippen LogP contribution in [0.1, 0.15) is 6.92 Å². The molecule has 1 aromatic carbocycles. The van der Waals surface area contributed by atoms with E-state index in [1.807, 2.05) is 48.7 Å². The van der Waals surface area contributed by atoms with E-state index in [0.717, 1.165) is 5.69 Å². The van der Waals surface area contributed by atoms with Gasteiger partial charge in [0, 0.05) is 19.3 Å². The lowest BCUT2D eigenvalue weighted by Gasteiger charge is -2.21. The van der Waals surface area contributed by atoms with Crippen LogP contribution in [-0.4, -0.2) is 41.5 Å². The van der Waals surface area contributed by atoms with E-state index in [1.54, 1.807) is 16.6 Å². The predicted molar refractivity (Wildman–Crippen MR) is 111 cm³/mol. The van der Waals surface area contributed by atoms with Gasteiger partial charge >= 0.3 is 0 Å². The molecule has 0 aliphatic heterocycles. The van der Waals surface area contributed by atoms with Gasteiger partial charge in [0.25, 0.3) is 5.56 Å². The zero-order valence-electron chi connectivity index (χ0n) is 15.3. The van der Waals surface area contributed by atoms with Gasteiger partial charge < -0.3 is 9.64 Å². The molecule has 0 bridgehead atoms. The number of fused-ring (bicyclic) bond motifs is 1. The molecule has 0 aliphatic carbocycles. The molecule has 0 fully saturated rings. The van der Waals surface area contributed by atoms with Gasteiger partial charge in [-0.1, -0.05) is 30.0 Å². The van der Waals surface area contributed by atoms with Crippen molar-refractivity contribution in [2.24, 2.45) is 0 Å². The van der Waals surface area contributed by atoms with E-state index in [4.69, 9.17) is 4.74 Å². The minimum Gasteiger partial charge on any atom is -0.383 e. The standard InChI is InChI=1S/C19H21N3O3S2/c1-3-21(14-7-5-4-6-8-14)16(23)13-27-19-20-15-9-12-26-17(15)18(24)22(19)10-11-25-2/h4-9,12H,3,10-11,13H2,1-2H3. The maximum Gasteiger partial charge on any atom is 0.272 e. The van der Waals surface area contributed by atoms with Crippen LogP contribution in [0.15, 0.2) is 51.7 Å². The molecule has 0 aliphatic rings. The third-order valence-electron chi connectivity index (χ3n) is 4.06. The second-order valence-electron chi connectivity index (χ2n) is 5.74. The van der Waals surface area contributed by atoms with Crippen molar-refractivity contribution in [3.8, 4) is 0 Å². The van der Waals surface area contributed by atoms with Crippen molar-refractivity contribution < 1.29 is 9.53 Å². The summed E-state index contributed by atoms with van der Waals surface area (Å²) in [4.78, 5) is 31.8. The highest BCUT2D eigenvalue weighted by Crippen LogP contribution is 2.22. The normalized spacial score (nSPS) is 11.0. The summed E-state index contributed by atoms with van der Waals surface area (Å²) in [6.45, 7) is 3.34. The molecule has 8 heteroatoms. The zero-order chi connectivity index (χ0) is 19.2. The molecule has 2 aromatic heterocycles. The minimum atomic E-state index is -0.0857. The molecule has 0 unspecified atom stereocenters. The average Bonchev–Trinajstić information content (AvgIpc) is 3.16. The molecule has 0 atom stereocenters. The van der Waals surface area contributed by atoms with Gasteiger partial charge in [-0.25, -0.2) is 4.98 Å². The number of amides is 1. The SMILES string of the molecule is CCN(C(=O)CSc1nc2ccsc2c(=O)n1CCOC)c1ccccc1. The van der Waals surface area contributed by atoms with Crippen molar-refractivity contribution in [2.45, 2.75) is 18.6 Å². The summed E-state index contributed by atoms with van der Waals surface area (Å²) in [5.41, 5.74) is 1.45. The average molecular weight is 404 g/mol. The molecule has 0 spiro atoms. The van der Waals surface area contributed by atoms with Gasteiger partial charge in [0.2, 0.25) is 5.91 Å². The summed E-state index contributed by atoms with van der Waals surface area (Å²) in [5.74, 6) is 0.185. The number of ether oxygens (including phenoxy) is 1. The maximum absolute atomic E-state index is 12.7. The Bertz CT molecular complexity index is 969. The van der Waals surface area contributed by atoms with E-state index in [9.17, 15) is 9.59 Å². The van der Waals surface area contributed by atoms with Gasteiger partial charge in [-0.2, -0.15) is 0 Å². The Morgan fingerprint density at radius 3 is 2.78 bits per heavy atom. The Balaban J connectivity index is 1.83. The summed E-state index contributed by atoms with van der Waals surface area (Å²) in [6, 6.07) is 11.4. The Morgan fingerprint density at radius 2 is 2.07 bits per heavy atom. The van der Waals surface area contributed by atoms with Crippen LogP contribution in [-0.2, 0) is 16.1 Å². The van der Waals surface area contributed by atoms with Crippen LogP contribution in [0.2, 0.25) is 0 Å². The molecule has 2 heterocycles. The summed E-state index contributed by atoms with van der Waals surface area (Å²) >= 11 is 2.67. The van der Waals surface area contributed by atoms with Crippen LogP contribution >= 0.6 is 23.1 Å². The smallest absolute Gasteiger partial charge is 0.272 e. The number of carbonyl (C=O) groups excluding carboxylic acids is 1. The number of para-hydroxylation sites is 1. The zero-order valence-corrected chi connectivity index (χ0v) is 16.9. The van der Waals surface area contributed by atoms with Crippen LogP contribution in [0.25, 0.3) is 10.2 Å². The summed E-state index contributed by atoms with van der Waals surface area (Å²) in [5, 5.41) is 2.40. The van der Waals surface area contributed by atoms with Crippen molar-refractivity contribution in [1.82, 2.24) is 9.55 Å². The molecule has 0 saturated carbocycles. The fourth-order valence-electron chi connectivity index (χ4n) is 2.73. The Kier molecular flexibility index (Phi) is 6.65. The van der Waals surface area contributed by atoms with Crippen molar-refractivity contribution in [3.63, 3.8) is 0 Å². The van der Waals surface area contributed by atoms with Crippen LogP contribution in [0.4, 0.5) is 5.69 Å². The van der Waals surface area contributed by atoms with E-state index in [2.05, 4.69) is 4.98 Å². The van der Waals surface area contributed by atoms with Crippen molar-refractivity contribution in [2.75, 3.05) is 30.9 Å². The third kappa shape index (κ3) is 4.40. The number of hydrogen-bond acceptors (Lipinski definition) is 6. The number of aromatic nitrogens is 2. The number of methoxy groups -OCH3 is 1. The number of carbonyl (C=O) groups is 1. The highest BCUT2D eigenvalue weighted by molar-refractivity contribution is 7.99. The highest BCUT2D eigenvalue weighted by Gasteiger charge is 2.17. The number of anilines is 1. The molecule has 6 nitrogen and oxygen atoms in total. The maximum atomic E-state index is 12.7. The molecular weight excluding hydrogens is 382 g/mol. The topological polar surface area (TPSA) is 64.4 Å². The Hall–Kier alpha value is -2.16. The van der Waals surface area contributed by atoms with E-state index in [-0.39, 0.29) is 17.2 Å². The molecule has 3 aromatic rings. The monoisotopic (exact) mass is 403 g/mol. The van der Waals surface area contributed by atoms with E-state index < -0.39 is 0 Å². The van der Waals surface area contributed by atoms with Gasteiger partial charge in [0.15, 0.2) is 5.16 Å². The van der Waals surface area contributed by atoms with Crippen molar-refractivity contribution in [3.05, 3.63) is 52.1 Å². The fraction of sp³-hybridized carbons (Fsp3) is 0.316. The third-order valence-corrected chi connectivity index (χ3v) is 5.91. The molecule has 0 radical (unpaired) electrons. The lowest BCUT2D eigenvalue weighted by molar-refractivity contribution is -0.116. The molecule has 0 N–H and O–H groups in total. The van der Waals surface area contributed by atoms with Gasteiger partial charge in [-0.15, -0.1) is 11.3 Å². The number of thiophene rings is 1. The number of nitrogens with zero attached hydrogens (tertiary/aromatic N) is 3. The first kappa shape index (κ1) is 19.6. The number of hydrogen-bond donors (Lipinski definition) is 0. The van der Waals surface area contributed by atoms with E-state index in [0.29, 0.717) is 35.1 Å². The Labute approximate surface area is 165 Å². The van der Waals surface area contributed by atoms with Crippen LogP contribution < -0.4 is 10.5 Å². The minimum absolute atomic E-state index is 0.0216. The number of thioether (sulfide) groups is 1. The predicted octanol–water partition coefficient (Wildman–Crippen LogP) is 3.25. The molecule has 0 saturated heterocycles.